The molecule has 1 N–H and O–H groups in total. The third-order valence-electron chi connectivity index (χ3n) is 5.64. The van der Waals surface area contributed by atoms with Gasteiger partial charge in [-0.15, -0.1) is 10.2 Å². The van der Waals surface area contributed by atoms with E-state index >= 15 is 0 Å². The van der Waals surface area contributed by atoms with Gasteiger partial charge in [-0.25, -0.2) is 0 Å². The highest BCUT2D eigenvalue weighted by atomic mass is 16.5. The van der Waals surface area contributed by atoms with Crippen LogP contribution in [0.2, 0.25) is 0 Å². The van der Waals surface area contributed by atoms with Crippen LogP contribution in [0, 0.1) is 0 Å². The second-order valence-corrected chi connectivity index (χ2v) is 7.04. The number of fused-ring (bicyclic) bond motifs is 1. The van der Waals surface area contributed by atoms with Crippen molar-refractivity contribution in [3.05, 3.63) is 41.0 Å². The van der Waals surface area contributed by atoms with Gasteiger partial charge >= 0.3 is 0 Å². The Labute approximate surface area is 147 Å². The Bertz CT molecular complexity index is 795. The summed E-state index contributed by atoms with van der Waals surface area (Å²) >= 11 is 0. The lowest BCUT2D eigenvalue weighted by Crippen LogP contribution is -2.29. The summed E-state index contributed by atoms with van der Waals surface area (Å²) in [4.78, 5) is 12.7. The molecule has 2 aliphatic carbocycles. The number of aromatic nitrogens is 3. The van der Waals surface area contributed by atoms with Crippen LogP contribution in [0.1, 0.15) is 60.3 Å². The van der Waals surface area contributed by atoms with Crippen molar-refractivity contribution < 1.29 is 9.53 Å². The molecule has 6 heteroatoms. The van der Waals surface area contributed by atoms with Gasteiger partial charge in [-0.3, -0.25) is 4.79 Å². The molecule has 1 amide bonds. The fourth-order valence-electron chi connectivity index (χ4n) is 3.82. The number of aryl methyl sites for hydroxylation is 1. The summed E-state index contributed by atoms with van der Waals surface area (Å²) in [7, 11) is 3.64. The van der Waals surface area contributed by atoms with E-state index in [0.29, 0.717) is 12.5 Å². The lowest BCUT2D eigenvalue weighted by molar-refractivity contribution is -0.122. The number of amides is 1. The molecule has 1 aromatic carbocycles. The number of rotatable bonds is 5. The van der Waals surface area contributed by atoms with Gasteiger partial charge in [0.25, 0.3) is 0 Å². The number of ether oxygens (including phenoxy) is 1. The molecule has 2 aliphatic rings. The Morgan fingerprint density at radius 3 is 2.88 bits per heavy atom. The molecular weight excluding hydrogens is 316 g/mol. The lowest BCUT2D eigenvalue weighted by atomic mass is 9.85. The molecule has 1 aromatic heterocycles. The average Bonchev–Trinajstić information content (AvgIpc) is 3.15. The van der Waals surface area contributed by atoms with E-state index in [1.54, 1.807) is 7.11 Å². The minimum absolute atomic E-state index is 0.0557. The Kier molecular flexibility index (Phi) is 4.19. The second-order valence-electron chi connectivity index (χ2n) is 7.04. The van der Waals surface area contributed by atoms with Crippen LogP contribution in [0.15, 0.2) is 18.2 Å². The van der Waals surface area contributed by atoms with Crippen LogP contribution >= 0.6 is 0 Å². The molecule has 1 unspecified atom stereocenters. The number of nitrogens with zero attached hydrogens (tertiary/aromatic N) is 3. The summed E-state index contributed by atoms with van der Waals surface area (Å²) in [6.45, 7) is 0.421. The minimum Gasteiger partial charge on any atom is -0.497 e. The van der Waals surface area contributed by atoms with Gasteiger partial charge < -0.3 is 14.6 Å². The summed E-state index contributed by atoms with van der Waals surface area (Å²) in [6.07, 6.45) is 5.44. The highest BCUT2D eigenvalue weighted by Gasteiger charge is 2.29. The topological polar surface area (TPSA) is 69.0 Å². The number of hydrogen-bond donors (Lipinski definition) is 1. The van der Waals surface area contributed by atoms with E-state index in [9.17, 15) is 4.79 Å². The van der Waals surface area contributed by atoms with Crippen molar-refractivity contribution in [2.45, 2.75) is 50.5 Å². The average molecular weight is 340 g/mol. The molecule has 0 bridgehead atoms. The minimum atomic E-state index is -0.107. The fourth-order valence-corrected chi connectivity index (χ4v) is 3.82. The fraction of sp³-hybridized carbons (Fsp3) is 0.526. The maximum absolute atomic E-state index is 12.7. The smallest absolute Gasteiger partial charge is 0.227 e. The largest absolute Gasteiger partial charge is 0.497 e. The van der Waals surface area contributed by atoms with Crippen LogP contribution in [0.25, 0.3) is 0 Å². The number of carbonyl (C=O) groups is 1. The van der Waals surface area contributed by atoms with Gasteiger partial charge in [-0.1, -0.05) is 12.5 Å². The van der Waals surface area contributed by atoms with Crippen LogP contribution in [0.4, 0.5) is 0 Å². The molecule has 1 heterocycles. The van der Waals surface area contributed by atoms with E-state index in [2.05, 4.69) is 21.6 Å². The van der Waals surface area contributed by atoms with E-state index in [4.69, 9.17) is 4.74 Å². The van der Waals surface area contributed by atoms with E-state index < -0.39 is 0 Å². The zero-order chi connectivity index (χ0) is 17.4. The standard InChI is InChI=1S/C19H24N4O2/c1-23-17(21-22-18(23)13-4-3-5-13)11-20-19(24)15-9-7-12-6-8-14(25-2)10-16(12)15/h6,8,10,13,15H,3-5,7,9,11H2,1-2H3,(H,20,24). The third-order valence-corrected chi connectivity index (χ3v) is 5.64. The van der Waals surface area contributed by atoms with Crippen LogP contribution in [-0.4, -0.2) is 27.8 Å². The molecular formula is C19H24N4O2. The van der Waals surface area contributed by atoms with Crippen LogP contribution in [0.5, 0.6) is 5.75 Å². The first-order chi connectivity index (χ1) is 12.2. The molecule has 6 nitrogen and oxygen atoms in total. The second kappa shape index (κ2) is 6.50. The van der Waals surface area contributed by atoms with Crippen molar-refractivity contribution in [1.29, 1.82) is 0 Å². The molecule has 2 aromatic rings. The number of benzene rings is 1. The summed E-state index contributed by atoms with van der Waals surface area (Å²) in [5.74, 6) is 3.16. The van der Waals surface area contributed by atoms with Crippen LogP contribution in [0.3, 0.4) is 0 Å². The number of carbonyl (C=O) groups excluding carboxylic acids is 1. The molecule has 1 fully saturated rings. The van der Waals surface area contributed by atoms with Crippen molar-refractivity contribution in [2.24, 2.45) is 7.05 Å². The monoisotopic (exact) mass is 340 g/mol. The van der Waals surface area contributed by atoms with Crippen molar-refractivity contribution in [1.82, 2.24) is 20.1 Å². The van der Waals surface area contributed by atoms with E-state index in [1.165, 1.54) is 24.8 Å². The highest BCUT2D eigenvalue weighted by molar-refractivity contribution is 5.85. The van der Waals surface area contributed by atoms with E-state index in [0.717, 1.165) is 35.8 Å². The zero-order valence-electron chi connectivity index (χ0n) is 14.8. The van der Waals surface area contributed by atoms with Crippen molar-refractivity contribution in [2.75, 3.05) is 7.11 Å². The van der Waals surface area contributed by atoms with Gasteiger partial charge in [0, 0.05) is 13.0 Å². The summed E-state index contributed by atoms with van der Waals surface area (Å²) in [5.41, 5.74) is 2.33. The SMILES string of the molecule is COc1ccc2c(c1)C(C(=O)NCc1nnc(C3CCC3)n1C)CC2. The van der Waals surface area contributed by atoms with Gasteiger partial charge in [0.1, 0.15) is 11.6 Å². The normalized spacial score (nSPS) is 19.4. The molecule has 4 rings (SSSR count). The maximum Gasteiger partial charge on any atom is 0.227 e. The van der Waals surface area contributed by atoms with Gasteiger partial charge in [0.2, 0.25) is 5.91 Å². The Balaban J connectivity index is 1.43. The van der Waals surface area contributed by atoms with Gasteiger partial charge in [-0.2, -0.15) is 0 Å². The Hall–Kier alpha value is -2.37. The molecule has 0 radical (unpaired) electrons. The summed E-state index contributed by atoms with van der Waals surface area (Å²) in [5, 5.41) is 11.6. The first-order valence-corrected chi connectivity index (χ1v) is 9.00. The third kappa shape index (κ3) is 2.90. The van der Waals surface area contributed by atoms with Gasteiger partial charge in [0.15, 0.2) is 5.82 Å². The van der Waals surface area contributed by atoms with Crippen molar-refractivity contribution >= 4 is 5.91 Å². The summed E-state index contributed by atoms with van der Waals surface area (Å²) in [6, 6.07) is 6.01. The predicted octanol–water partition coefficient (Wildman–Crippen LogP) is 2.44. The molecule has 1 atom stereocenters. The van der Waals surface area contributed by atoms with Crippen LogP contribution < -0.4 is 10.1 Å². The quantitative estimate of drug-likeness (QED) is 0.908. The number of hydrogen-bond acceptors (Lipinski definition) is 4. The highest BCUT2D eigenvalue weighted by Crippen LogP contribution is 2.36. The van der Waals surface area contributed by atoms with Crippen LogP contribution in [-0.2, 0) is 24.8 Å². The van der Waals surface area contributed by atoms with Crippen molar-refractivity contribution in [3.8, 4) is 5.75 Å². The number of methoxy groups -OCH3 is 1. The zero-order valence-corrected chi connectivity index (χ0v) is 14.8. The van der Waals surface area contributed by atoms with Gasteiger partial charge in [0.05, 0.1) is 19.6 Å². The first-order valence-electron chi connectivity index (χ1n) is 9.00. The lowest BCUT2D eigenvalue weighted by Gasteiger charge is -2.24. The predicted molar refractivity (Wildman–Crippen MR) is 93.5 cm³/mol. The molecule has 25 heavy (non-hydrogen) atoms. The number of nitrogens with one attached hydrogen (secondary N) is 1. The van der Waals surface area contributed by atoms with Gasteiger partial charge in [-0.05, 0) is 48.9 Å². The first kappa shape index (κ1) is 16.1. The molecule has 1 saturated carbocycles. The Morgan fingerprint density at radius 2 is 2.16 bits per heavy atom. The van der Waals surface area contributed by atoms with E-state index in [-0.39, 0.29) is 11.8 Å². The Morgan fingerprint density at radius 1 is 1.32 bits per heavy atom. The van der Waals surface area contributed by atoms with E-state index in [1.807, 2.05) is 23.7 Å². The molecule has 132 valence electrons. The molecule has 0 aliphatic heterocycles. The molecule has 0 spiro atoms. The molecule has 0 saturated heterocycles. The maximum atomic E-state index is 12.7. The summed E-state index contributed by atoms with van der Waals surface area (Å²) < 4.78 is 7.34. The van der Waals surface area contributed by atoms with Crippen molar-refractivity contribution in [3.63, 3.8) is 0 Å².